The molecule has 5 nitrogen and oxygen atoms in total. The molecule has 0 spiro atoms. The van der Waals surface area contributed by atoms with Gasteiger partial charge in [-0.2, -0.15) is 0 Å². The Morgan fingerprint density at radius 1 is 1.23 bits per heavy atom. The number of nitro benzene ring substituents is 1. The van der Waals surface area contributed by atoms with Gasteiger partial charge in [0.1, 0.15) is 0 Å². The van der Waals surface area contributed by atoms with Crippen LogP contribution in [0.15, 0.2) is 46.9 Å². The van der Waals surface area contributed by atoms with Gasteiger partial charge in [-0.15, -0.1) is 0 Å². The second kappa shape index (κ2) is 7.17. The van der Waals surface area contributed by atoms with Crippen molar-refractivity contribution in [3.63, 3.8) is 0 Å². The van der Waals surface area contributed by atoms with E-state index >= 15 is 0 Å². The van der Waals surface area contributed by atoms with E-state index < -0.39 is 4.92 Å². The monoisotopic (exact) mass is 362 g/mol. The Balaban J connectivity index is 1.94. The molecule has 0 radical (unpaired) electrons. The molecule has 0 aromatic heterocycles. The molecule has 1 N–H and O–H groups in total. The summed E-state index contributed by atoms with van der Waals surface area (Å²) in [6, 6.07) is 12.3. The molecule has 0 unspecified atom stereocenters. The number of halogens is 1. The molecule has 6 heteroatoms. The van der Waals surface area contributed by atoms with E-state index in [1.54, 1.807) is 0 Å². The van der Waals surface area contributed by atoms with Gasteiger partial charge in [-0.05, 0) is 40.9 Å². The standard InChI is InChI=1S/C16H15BrN2O3/c1-11-2-4-12(5-3-11)6-9-16(20)18-15-8-7-13(19(21)22)10-14(15)17/h2-5,7-8,10H,6,9H2,1H3,(H,18,20). The lowest BCUT2D eigenvalue weighted by Gasteiger charge is -2.07. The Labute approximate surface area is 136 Å². The minimum Gasteiger partial charge on any atom is -0.325 e. The summed E-state index contributed by atoms with van der Waals surface area (Å²) in [6.45, 7) is 2.02. The summed E-state index contributed by atoms with van der Waals surface area (Å²) < 4.78 is 0.491. The molecule has 0 aliphatic rings. The lowest BCUT2D eigenvalue weighted by atomic mass is 10.1. The van der Waals surface area contributed by atoms with Crippen molar-refractivity contribution in [2.24, 2.45) is 0 Å². The molecule has 2 rings (SSSR count). The van der Waals surface area contributed by atoms with Crippen LogP contribution in [0.1, 0.15) is 17.5 Å². The fourth-order valence-corrected chi connectivity index (χ4v) is 2.41. The topological polar surface area (TPSA) is 72.2 Å². The third-order valence-electron chi connectivity index (χ3n) is 3.20. The fraction of sp³-hybridized carbons (Fsp3) is 0.188. The molecule has 0 aliphatic carbocycles. The number of nitrogens with zero attached hydrogens (tertiary/aromatic N) is 1. The first-order valence-corrected chi connectivity index (χ1v) is 7.54. The van der Waals surface area contributed by atoms with Gasteiger partial charge >= 0.3 is 0 Å². The zero-order valence-electron chi connectivity index (χ0n) is 12.0. The highest BCUT2D eigenvalue weighted by Gasteiger charge is 2.11. The van der Waals surface area contributed by atoms with E-state index in [4.69, 9.17) is 0 Å². The van der Waals surface area contributed by atoms with Gasteiger partial charge in [0, 0.05) is 23.0 Å². The van der Waals surface area contributed by atoms with E-state index in [-0.39, 0.29) is 11.6 Å². The normalized spacial score (nSPS) is 10.3. The number of aryl methyl sites for hydroxylation is 2. The summed E-state index contributed by atoms with van der Waals surface area (Å²) in [6.07, 6.45) is 1.00. The van der Waals surface area contributed by atoms with Crippen molar-refractivity contribution in [2.45, 2.75) is 19.8 Å². The maximum Gasteiger partial charge on any atom is 0.270 e. The maximum atomic E-state index is 12.0. The number of hydrogen-bond acceptors (Lipinski definition) is 3. The Morgan fingerprint density at radius 2 is 1.91 bits per heavy atom. The average Bonchev–Trinajstić information content (AvgIpc) is 2.48. The van der Waals surface area contributed by atoms with E-state index in [2.05, 4.69) is 21.2 Å². The molecular weight excluding hydrogens is 348 g/mol. The van der Waals surface area contributed by atoms with Crippen molar-refractivity contribution < 1.29 is 9.72 Å². The van der Waals surface area contributed by atoms with E-state index in [0.29, 0.717) is 23.0 Å². The molecule has 0 fully saturated rings. The molecule has 2 aromatic rings. The fourth-order valence-electron chi connectivity index (χ4n) is 1.94. The second-order valence-corrected chi connectivity index (χ2v) is 5.81. The van der Waals surface area contributed by atoms with Crippen molar-refractivity contribution in [1.29, 1.82) is 0 Å². The molecule has 114 valence electrons. The summed E-state index contributed by atoms with van der Waals surface area (Å²) in [4.78, 5) is 22.1. The smallest absolute Gasteiger partial charge is 0.270 e. The van der Waals surface area contributed by atoms with Crippen LogP contribution in [0, 0.1) is 17.0 Å². The summed E-state index contributed by atoms with van der Waals surface area (Å²) >= 11 is 3.23. The molecule has 0 saturated carbocycles. The Kier molecular flexibility index (Phi) is 5.27. The van der Waals surface area contributed by atoms with Crippen LogP contribution in [0.3, 0.4) is 0 Å². The van der Waals surface area contributed by atoms with Crippen molar-refractivity contribution in [1.82, 2.24) is 0 Å². The van der Waals surface area contributed by atoms with E-state index in [1.807, 2.05) is 31.2 Å². The van der Waals surface area contributed by atoms with Gasteiger partial charge in [-0.3, -0.25) is 14.9 Å². The Morgan fingerprint density at radius 3 is 2.50 bits per heavy atom. The van der Waals surface area contributed by atoms with Gasteiger partial charge in [0.15, 0.2) is 0 Å². The van der Waals surface area contributed by atoms with Gasteiger partial charge in [0.2, 0.25) is 5.91 Å². The molecule has 2 aromatic carbocycles. The first-order valence-electron chi connectivity index (χ1n) is 6.75. The van der Waals surface area contributed by atoms with Crippen molar-refractivity contribution in [3.8, 4) is 0 Å². The van der Waals surface area contributed by atoms with E-state index in [0.717, 1.165) is 5.56 Å². The highest BCUT2D eigenvalue weighted by atomic mass is 79.9. The third kappa shape index (κ3) is 4.39. The molecule has 22 heavy (non-hydrogen) atoms. The average molecular weight is 363 g/mol. The number of carbonyl (C=O) groups is 1. The Hall–Kier alpha value is -2.21. The molecule has 0 heterocycles. The first kappa shape index (κ1) is 16.2. The lowest BCUT2D eigenvalue weighted by molar-refractivity contribution is -0.384. The second-order valence-electron chi connectivity index (χ2n) is 4.96. The Bertz CT molecular complexity index is 699. The number of nitrogens with one attached hydrogen (secondary N) is 1. The van der Waals surface area contributed by atoms with E-state index in [9.17, 15) is 14.9 Å². The number of anilines is 1. The van der Waals surface area contributed by atoms with Gasteiger partial charge in [0.05, 0.1) is 10.6 Å². The number of nitro groups is 1. The van der Waals surface area contributed by atoms with Crippen molar-refractivity contribution >= 4 is 33.2 Å². The number of carbonyl (C=O) groups excluding carboxylic acids is 1. The molecule has 0 saturated heterocycles. The number of hydrogen-bond donors (Lipinski definition) is 1. The van der Waals surface area contributed by atoms with Gasteiger partial charge in [-0.25, -0.2) is 0 Å². The highest BCUT2D eigenvalue weighted by molar-refractivity contribution is 9.10. The van der Waals surface area contributed by atoms with Gasteiger partial charge in [-0.1, -0.05) is 29.8 Å². The predicted octanol–water partition coefficient (Wildman–Crippen LogP) is 4.24. The van der Waals surface area contributed by atoms with Gasteiger partial charge < -0.3 is 5.32 Å². The van der Waals surface area contributed by atoms with E-state index in [1.165, 1.54) is 23.8 Å². The van der Waals surface area contributed by atoms with Crippen LogP contribution < -0.4 is 5.32 Å². The number of rotatable bonds is 5. The summed E-state index contributed by atoms with van der Waals surface area (Å²) in [5.74, 6) is -0.130. The molecule has 0 aliphatic heterocycles. The van der Waals surface area contributed by atoms with Crippen LogP contribution in [0.5, 0.6) is 0 Å². The van der Waals surface area contributed by atoms with Gasteiger partial charge in [0.25, 0.3) is 5.69 Å². The molecule has 1 amide bonds. The lowest BCUT2D eigenvalue weighted by Crippen LogP contribution is -2.12. The molecular formula is C16H15BrN2O3. The third-order valence-corrected chi connectivity index (χ3v) is 3.86. The minimum absolute atomic E-state index is 0.0236. The summed E-state index contributed by atoms with van der Waals surface area (Å²) in [7, 11) is 0. The van der Waals surface area contributed by atoms with Crippen LogP contribution in [-0.4, -0.2) is 10.8 Å². The largest absolute Gasteiger partial charge is 0.325 e. The molecule has 0 bridgehead atoms. The predicted molar refractivity (Wildman–Crippen MR) is 88.9 cm³/mol. The zero-order chi connectivity index (χ0) is 16.1. The zero-order valence-corrected chi connectivity index (χ0v) is 13.6. The minimum atomic E-state index is -0.478. The van der Waals surface area contributed by atoms with Crippen molar-refractivity contribution in [3.05, 3.63) is 68.2 Å². The summed E-state index contributed by atoms with van der Waals surface area (Å²) in [5, 5.41) is 13.4. The van der Waals surface area contributed by atoms with Crippen LogP contribution in [0.2, 0.25) is 0 Å². The van der Waals surface area contributed by atoms with Crippen LogP contribution in [0.4, 0.5) is 11.4 Å². The highest BCUT2D eigenvalue weighted by Crippen LogP contribution is 2.27. The SMILES string of the molecule is Cc1ccc(CCC(=O)Nc2ccc([N+](=O)[O-])cc2Br)cc1. The number of benzene rings is 2. The van der Waals surface area contributed by atoms with Crippen LogP contribution >= 0.6 is 15.9 Å². The molecule has 0 atom stereocenters. The van der Waals surface area contributed by atoms with Crippen molar-refractivity contribution in [2.75, 3.05) is 5.32 Å². The summed E-state index contributed by atoms with van der Waals surface area (Å²) in [5.41, 5.74) is 2.79. The quantitative estimate of drug-likeness (QED) is 0.638. The maximum absolute atomic E-state index is 12.0. The first-order chi connectivity index (χ1) is 10.5. The van der Waals surface area contributed by atoms with Crippen LogP contribution in [0.25, 0.3) is 0 Å². The number of non-ortho nitro benzene ring substituents is 1. The number of amides is 1. The van der Waals surface area contributed by atoms with Crippen LogP contribution in [-0.2, 0) is 11.2 Å².